The first-order valence-electron chi connectivity index (χ1n) is 11.3. The van der Waals surface area contributed by atoms with E-state index in [2.05, 4.69) is 32.6 Å². The first-order chi connectivity index (χ1) is 16.8. The Hall–Kier alpha value is -3.05. The van der Waals surface area contributed by atoms with E-state index in [1.165, 1.54) is 35.2 Å². The van der Waals surface area contributed by atoms with Gasteiger partial charge in [0.2, 0.25) is 5.88 Å². The number of alkyl halides is 3. The van der Waals surface area contributed by atoms with Gasteiger partial charge in [0, 0.05) is 44.1 Å². The van der Waals surface area contributed by atoms with E-state index in [1.807, 2.05) is 12.3 Å². The summed E-state index contributed by atoms with van der Waals surface area (Å²) in [5, 5.41) is 1.62. The van der Waals surface area contributed by atoms with Gasteiger partial charge in [-0.1, -0.05) is 12.1 Å². The molecule has 3 aromatic rings. The van der Waals surface area contributed by atoms with Gasteiger partial charge in [-0.15, -0.1) is 24.5 Å². The predicted molar refractivity (Wildman–Crippen MR) is 123 cm³/mol. The van der Waals surface area contributed by atoms with E-state index in [0.717, 1.165) is 13.1 Å². The molecule has 3 heterocycles. The molecule has 35 heavy (non-hydrogen) atoms. The molecule has 0 bridgehead atoms. The second-order valence-electron chi connectivity index (χ2n) is 9.02. The Morgan fingerprint density at radius 3 is 2.74 bits per heavy atom. The third-order valence-corrected chi connectivity index (χ3v) is 7.38. The minimum Gasteiger partial charge on any atom is -0.406 e. The number of likely N-dealkylation sites (tertiary alicyclic amines) is 1. The molecule has 3 unspecified atom stereocenters. The number of fused-ring (bicyclic) bond motifs is 1. The van der Waals surface area contributed by atoms with E-state index in [9.17, 15) is 18.0 Å². The van der Waals surface area contributed by atoms with Gasteiger partial charge in [0.15, 0.2) is 0 Å². The summed E-state index contributed by atoms with van der Waals surface area (Å²) in [4.78, 5) is 24.2. The van der Waals surface area contributed by atoms with Crippen LogP contribution in [0.1, 0.15) is 24.2 Å². The zero-order valence-electron chi connectivity index (χ0n) is 18.9. The molecule has 1 aromatic carbocycles. The highest BCUT2D eigenvalue weighted by molar-refractivity contribution is 7.07. The highest BCUT2D eigenvalue weighted by atomic mass is 32.1. The van der Waals surface area contributed by atoms with Crippen molar-refractivity contribution in [2.75, 3.05) is 19.6 Å². The summed E-state index contributed by atoms with van der Waals surface area (Å²) >= 11 is 1.31. The molecule has 7 nitrogen and oxygen atoms in total. The second kappa shape index (κ2) is 9.54. The lowest BCUT2D eigenvalue weighted by molar-refractivity contribution is -0.274. The van der Waals surface area contributed by atoms with Crippen LogP contribution in [-0.4, -0.2) is 51.9 Å². The predicted octanol–water partition coefficient (Wildman–Crippen LogP) is 5.31. The molecule has 3 atom stereocenters. The van der Waals surface area contributed by atoms with E-state index in [0.29, 0.717) is 35.9 Å². The zero-order chi connectivity index (χ0) is 24.6. The van der Waals surface area contributed by atoms with Gasteiger partial charge in [-0.25, -0.2) is 9.78 Å². The minimum atomic E-state index is -4.78. The highest BCUT2D eigenvalue weighted by Gasteiger charge is 2.56. The molecule has 186 valence electrons. The molecule has 1 aliphatic heterocycles. The van der Waals surface area contributed by atoms with E-state index in [1.54, 1.807) is 21.9 Å². The number of nitrogens with zero attached hydrogens (tertiary/aromatic N) is 3. The molecule has 5 rings (SSSR count). The number of thiazole rings is 1. The van der Waals surface area contributed by atoms with Crippen LogP contribution in [0.25, 0.3) is 0 Å². The first kappa shape index (κ1) is 23.7. The number of ether oxygens (including phenoxy) is 2. The molecular formula is C24H25F3N4O3S. The molecule has 1 saturated carbocycles. The Kier molecular flexibility index (Phi) is 6.45. The number of nitrogens with one attached hydrogen (secondary N) is 1. The monoisotopic (exact) mass is 506 g/mol. The van der Waals surface area contributed by atoms with Crippen LogP contribution in [0, 0.1) is 17.8 Å². The number of H-pyrrole nitrogens is 1. The number of aromatic nitrogens is 2. The average Bonchev–Trinajstić information content (AvgIpc) is 3.37. The molecule has 2 aliphatic rings. The van der Waals surface area contributed by atoms with Crippen molar-refractivity contribution in [2.45, 2.75) is 25.9 Å². The quantitative estimate of drug-likeness (QED) is 0.449. The van der Waals surface area contributed by atoms with Crippen molar-refractivity contribution >= 4 is 17.4 Å². The van der Waals surface area contributed by atoms with Crippen molar-refractivity contribution < 1.29 is 27.4 Å². The van der Waals surface area contributed by atoms with Gasteiger partial charge in [-0.05, 0) is 54.5 Å². The lowest BCUT2D eigenvalue weighted by Gasteiger charge is -2.28. The lowest BCUT2D eigenvalue weighted by atomic mass is 10.1. The topological polar surface area (TPSA) is 70.7 Å². The number of rotatable bonds is 8. The largest absolute Gasteiger partial charge is 0.573 e. The van der Waals surface area contributed by atoms with Gasteiger partial charge >= 0.3 is 12.5 Å². The maximum Gasteiger partial charge on any atom is 0.573 e. The fraction of sp³-hybridized carbons (Fsp3) is 0.417. The molecular weight excluding hydrogens is 481 g/mol. The summed E-state index contributed by atoms with van der Waals surface area (Å²) in [6, 6.07) is 10.0. The molecule has 11 heteroatoms. The third kappa shape index (κ3) is 5.62. The number of carbonyl (C=O) groups excluding carboxylic acids is 1. The van der Waals surface area contributed by atoms with E-state index >= 15 is 0 Å². The van der Waals surface area contributed by atoms with Crippen molar-refractivity contribution in [3.05, 3.63) is 64.7 Å². The maximum absolute atomic E-state index is 13.0. The molecule has 1 amide bonds. The Labute approximate surface area is 204 Å². The van der Waals surface area contributed by atoms with Gasteiger partial charge < -0.3 is 19.4 Å². The minimum absolute atomic E-state index is 0.108. The second-order valence-corrected chi connectivity index (χ2v) is 9.74. The van der Waals surface area contributed by atoms with Crippen LogP contribution < -0.4 is 9.47 Å². The summed E-state index contributed by atoms with van der Waals surface area (Å²) in [5.41, 5.74) is 3.27. The molecule has 1 saturated heterocycles. The summed E-state index contributed by atoms with van der Waals surface area (Å²) in [6.45, 7) is 4.64. The third-order valence-electron chi connectivity index (χ3n) is 6.82. The number of aromatic amines is 1. The molecule has 1 N–H and O–H groups in total. The molecule has 0 spiro atoms. The van der Waals surface area contributed by atoms with E-state index in [4.69, 9.17) is 4.74 Å². The van der Waals surface area contributed by atoms with Gasteiger partial charge in [0.1, 0.15) is 5.75 Å². The maximum atomic E-state index is 13.0. The van der Waals surface area contributed by atoms with Crippen molar-refractivity contribution in [3.8, 4) is 11.6 Å². The fourth-order valence-electron chi connectivity index (χ4n) is 5.00. The number of hydrogen-bond donors (Lipinski definition) is 1. The van der Waals surface area contributed by atoms with Crippen molar-refractivity contribution in [3.63, 3.8) is 0 Å². The van der Waals surface area contributed by atoms with Crippen LogP contribution >= 0.6 is 11.3 Å². The summed E-state index contributed by atoms with van der Waals surface area (Å²) in [6.07, 6.45) is -3.43. The normalized spacial score (nSPS) is 22.5. The van der Waals surface area contributed by atoms with E-state index in [-0.39, 0.29) is 18.2 Å². The Morgan fingerprint density at radius 1 is 1.29 bits per heavy atom. The summed E-state index contributed by atoms with van der Waals surface area (Å²) in [5.74, 6) is 1.16. The number of benzene rings is 1. The smallest absolute Gasteiger partial charge is 0.406 e. The van der Waals surface area contributed by atoms with E-state index < -0.39 is 12.5 Å². The van der Waals surface area contributed by atoms with Crippen LogP contribution in [0.4, 0.5) is 18.0 Å². The van der Waals surface area contributed by atoms with Crippen molar-refractivity contribution in [2.24, 2.45) is 17.8 Å². The highest BCUT2D eigenvalue weighted by Crippen LogP contribution is 2.53. The SMILES string of the molecule is CC(c1ccc[nH]1)N1CC2C(CN(Cc3cccc(OC(F)(F)F)c3)C(=O)Oc3cscn3)C2C1. The van der Waals surface area contributed by atoms with Crippen molar-refractivity contribution in [1.82, 2.24) is 19.8 Å². The Balaban J connectivity index is 1.25. The first-order valence-corrected chi connectivity index (χ1v) is 12.3. The standard InChI is InChI=1S/C24H25F3N4O3S/c1-15(21-6-3-7-28-21)30-10-18-19(11-30)20(18)12-31(23(32)33-22-13-35-14-29-22)9-16-4-2-5-17(8-16)34-24(25,26)27/h2-8,13-15,18-20,28H,9-12H2,1H3. The van der Waals surface area contributed by atoms with Crippen LogP contribution in [-0.2, 0) is 6.54 Å². The molecule has 1 aliphatic carbocycles. The molecule has 0 radical (unpaired) electrons. The van der Waals surface area contributed by atoms with Crippen LogP contribution in [0.5, 0.6) is 11.6 Å². The van der Waals surface area contributed by atoms with Crippen LogP contribution in [0.3, 0.4) is 0 Å². The van der Waals surface area contributed by atoms with Gasteiger partial charge in [-0.2, -0.15) is 0 Å². The number of amides is 1. The summed E-state index contributed by atoms with van der Waals surface area (Å²) in [7, 11) is 0. The Bertz CT molecular complexity index is 1130. The number of halogens is 3. The average molecular weight is 507 g/mol. The van der Waals surface area contributed by atoms with Gasteiger partial charge in [-0.3, -0.25) is 4.90 Å². The van der Waals surface area contributed by atoms with Gasteiger partial charge in [0.05, 0.1) is 10.9 Å². The number of hydrogen-bond acceptors (Lipinski definition) is 6. The number of piperidine rings is 1. The summed E-state index contributed by atoms with van der Waals surface area (Å²) < 4.78 is 47.4. The Morgan fingerprint density at radius 2 is 2.09 bits per heavy atom. The molecule has 2 aromatic heterocycles. The molecule has 2 fully saturated rings. The fourth-order valence-corrected chi connectivity index (χ4v) is 5.45. The number of carbonyl (C=O) groups is 1. The van der Waals surface area contributed by atoms with Crippen LogP contribution in [0.15, 0.2) is 53.5 Å². The van der Waals surface area contributed by atoms with Gasteiger partial charge in [0.25, 0.3) is 0 Å². The lowest BCUT2D eigenvalue weighted by Crippen LogP contribution is -2.37. The zero-order valence-corrected chi connectivity index (χ0v) is 19.8. The van der Waals surface area contributed by atoms with Crippen LogP contribution in [0.2, 0.25) is 0 Å². The van der Waals surface area contributed by atoms with Crippen molar-refractivity contribution in [1.29, 1.82) is 0 Å².